The molecule has 2 atom stereocenters. The van der Waals surface area contributed by atoms with Crippen molar-refractivity contribution in [3.8, 4) is 0 Å². The molecule has 1 saturated carbocycles. The van der Waals surface area contributed by atoms with Crippen LogP contribution >= 0.6 is 0 Å². The van der Waals surface area contributed by atoms with E-state index in [-0.39, 0.29) is 5.41 Å². The highest BCUT2D eigenvalue weighted by Gasteiger charge is 2.48. The minimum Gasteiger partial charge on any atom is -0.342 e. The molecule has 0 aromatic carbocycles. The summed E-state index contributed by atoms with van der Waals surface area (Å²) in [5.41, 5.74) is 0.0269. The molecule has 3 heteroatoms. The largest absolute Gasteiger partial charge is 0.342 e. The third-order valence-electron chi connectivity index (χ3n) is 4.29. The number of carbonyl (C=O) groups excluding carboxylic acids is 1. The number of likely N-dealkylation sites (tertiary alicyclic amines) is 1. The third-order valence-corrected chi connectivity index (χ3v) is 4.29. The van der Waals surface area contributed by atoms with Gasteiger partial charge >= 0.3 is 0 Å². The van der Waals surface area contributed by atoms with Crippen molar-refractivity contribution < 1.29 is 4.79 Å². The van der Waals surface area contributed by atoms with Gasteiger partial charge < -0.3 is 10.2 Å². The minimum absolute atomic E-state index is 0.0269. The Kier molecular flexibility index (Phi) is 2.06. The first kappa shape index (κ1) is 9.64. The lowest BCUT2D eigenvalue weighted by molar-refractivity contribution is -0.139. The molecule has 1 N–H and O–H groups in total. The van der Waals surface area contributed by atoms with Crippen LogP contribution in [0.5, 0.6) is 0 Å². The quantitative estimate of drug-likeness (QED) is 0.693. The van der Waals surface area contributed by atoms with Gasteiger partial charge in [-0.2, -0.15) is 0 Å². The number of nitrogens with one attached hydrogen (secondary N) is 1. The fourth-order valence-electron chi connectivity index (χ4n) is 3.05. The van der Waals surface area contributed by atoms with Crippen LogP contribution in [0.25, 0.3) is 0 Å². The van der Waals surface area contributed by atoms with Gasteiger partial charge in [0.1, 0.15) is 0 Å². The molecule has 2 unspecified atom stereocenters. The van der Waals surface area contributed by atoms with Crippen LogP contribution in [0, 0.1) is 17.3 Å². The molecule has 3 fully saturated rings. The standard InChI is InChI=1S/C12H20N2O/c1-12(2-3-12)11(15)14-7-9-4-10(8-14)6-13-5-9/h9-10,13H,2-8H2,1H3. The molecule has 2 heterocycles. The number of rotatable bonds is 1. The van der Waals surface area contributed by atoms with Crippen LogP contribution in [0.1, 0.15) is 26.2 Å². The van der Waals surface area contributed by atoms with Gasteiger partial charge in [0.25, 0.3) is 0 Å². The summed E-state index contributed by atoms with van der Waals surface area (Å²) >= 11 is 0. The fourth-order valence-corrected chi connectivity index (χ4v) is 3.05. The second-order valence-electron chi connectivity index (χ2n) is 5.90. The van der Waals surface area contributed by atoms with Gasteiger partial charge in [0.2, 0.25) is 5.91 Å². The van der Waals surface area contributed by atoms with Crippen molar-refractivity contribution in [2.75, 3.05) is 26.2 Å². The van der Waals surface area contributed by atoms with Crippen LogP contribution in [0.15, 0.2) is 0 Å². The zero-order valence-electron chi connectivity index (χ0n) is 9.46. The van der Waals surface area contributed by atoms with E-state index >= 15 is 0 Å². The molecular formula is C12H20N2O. The van der Waals surface area contributed by atoms with E-state index in [4.69, 9.17) is 0 Å². The van der Waals surface area contributed by atoms with Crippen molar-refractivity contribution in [3.05, 3.63) is 0 Å². The summed E-state index contributed by atoms with van der Waals surface area (Å²) in [7, 11) is 0. The summed E-state index contributed by atoms with van der Waals surface area (Å²) in [5, 5.41) is 3.46. The van der Waals surface area contributed by atoms with Gasteiger partial charge in [-0.25, -0.2) is 0 Å². The molecule has 0 aromatic rings. The van der Waals surface area contributed by atoms with E-state index in [0.717, 1.165) is 39.0 Å². The third kappa shape index (κ3) is 1.67. The second kappa shape index (κ2) is 3.21. The van der Waals surface area contributed by atoms with Crippen molar-refractivity contribution in [2.24, 2.45) is 17.3 Å². The van der Waals surface area contributed by atoms with Crippen LogP contribution in [0.4, 0.5) is 0 Å². The molecule has 2 saturated heterocycles. The Balaban J connectivity index is 1.69. The van der Waals surface area contributed by atoms with Crippen molar-refractivity contribution in [1.29, 1.82) is 0 Å². The van der Waals surface area contributed by atoms with Crippen LogP contribution < -0.4 is 5.32 Å². The average molecular weight is 208 g/mol. The van der Waals surface area contributed by atoms with Crippen LogP contribution in [-0.2, 0) is 4.79 Å². The Morgan fingerprint density at radius 1 is 1.27 bits per heavy atom. The first-order valence-corrected chi connectivity index (χ1v) is 6.17. The Bertz CT molecular complexity index is 273. The molecule has 1 amide bonds. The van der Waals surface area contributed by atoms with E-state index in [9.17, 15) is 4.79 Å². The molecule has 0 radical (unpaired) electrons. The lowest BCUT2D eigenvalue weighted by Crippen LogP contribution is -2.54. The first-order valence-electron chi connectivity index (χ1n) is 6.17. The summed E-state index contributed by atoms with van der Waals surface area (Å²) in [6.45, 7) is 6.34. The lowest BCUT2D eigenvalue weighted by atomic mass is 9.85. The molecule has 3 nitrogen and oxygen atoms in total. The summed E-state index contributed by atoms with van der Waals surface area (Å²) in [4.78, 5) is 14.4. The fraction of sp³-hybridized carbons (Fsp3) is 0.917. The van der Waals surface area contributed by atoms with E-state index in [2.05, 4.69) is 17.1 Å². The summed E-state index contributed by atoms with van der Waals surface area (Å²) in [6.07, 6.45) is 3.54. The number of fused-ring (bicyclic) bond motifs is 2. The predicted octanol–water partition coefficient (Wildman–Crippen LogP) is 0.854. The molecule has 2 aliphatic heterocycles. The maximum atomic E-state index is 12.2. The number of piperidine rings is 2. The molecule has 3 aliphatic rings. The summed E-state index contributed by atoms with van der Waals surface area (Å²) in [5.74, 6) is 1.85. The van der Waals surface area contributed by atoms with Gasteiger partial charge in [0.15, 0.2) is 0 Å². The topological polar surface area (TPSA) is 32.3 Å². The molecule has 0 aromatic heterocycles. The highest BCUT2D eigenvalue weighted by Crippen LogP contribution is 2.47. The molecule has 84 valence electrons. The smallest absolute Gasteiger partial charge is 0.228 e. The predicted molar refractivity (Wildman–Crippen MR) is 58.4 cm³/mol. The van der Waals surface area contributed by atoms with Crippen molar-refractivity contribution >= 4 is 5.91 Å². The van der Waals surface area contributed by atoms with Crippen molar-refractivity contribution in [3.63, 3.8) is 0 Å². The van der Waals surface area contributed by atoms with Gasteiger partial charge in [-0.1, -0.05) is 6.92 Å². The molecule has 2 bridgehead atoms. The highest BCUT2D eigenvalue weighted by molar-refractivity contribution is 5.85. The minimum atomic E-state index is 0.0269. The van der Waals surface area contributed by atoms with E-state index in [1.165, 1.54) is 6.42 Å². The molecule has 1 aliphatic carbocycles. The average Bonchev–Trinajstić information content (AvgIpc) is 2.96. The Morgan fingerprint density at radius 2 is 1.87 bits per heavy atom. The summed E-state index contributed by atoms with van der Waals surface area (Å²) in [6, 6.07) is 0. The Labute approximate surface area is 91.2 Å². The number of hydrogen-bond donors (Lipinski definition) is 1. The van der Waals surface area contributed by atoms with Gasteiger partial charge in [0.05, 0.1) is 0 Å². The molecule has 3 rings (SSSR count). The summed E-state index contributed by atoms with van der Waals surface area (Å²) < 4.78 is 0. The lowest BCUT2D eigenvalue weighted by Gasteiger charge is -2.42. The van der Waals surface area contributed by atoms with Gasteiger partial charge in [-0.05, 0) is 44.2 Å². The number of nitrogens with zero attached hydrogens (tertiary/aromatic N) is 1. The van der Waals surface area contributed by atoms with E-state index in [1.54, 1.807) is 0 Å². The maximum Gasteiger partial charge on any atom is 0.228 e. The number of amides is 1. The zero-order chi connectivity index (χ0) is 10.5. The van der Waals surface area contributed by atoms with Gasteiger partial charge in [0, 0.05) is 18.5 Å². The SMILES string of the molecule is CC1(C(=O)N2CC3CNCC(C3)C2)CC1. The number of carbonyl (C=O) groups is 1. The second-order valence-corrected chi connectivity index (χ2v) is 5.90. The van der Waals surface area contributed by atoms with Crippen LogP contribution in [-0.4, -0.2) is 37.0 Å². The normalized spacial score (nSPS) is 37.5. The van der Waals surface area contributed by atoms with Gasteiger partial charge in [-0.15, -0.1) is 0 Å². The van der Waals surface area contributed by atoms with Crippen LogP contribution in [0.3, 0.4) is 0 Å². The zero-order valence-corrected chi connectivity index (χ0v) is 9.46. The Hall–Kier alpha value is -0.570. The van der Waals surface area contributed by atoms with E-state index in [1.807, 2.05) is 0 Å². The highest BCUT2D eigenvalue weighted by atomic mass is 16.2. The maximum absolute atomic E-state index is 12.2. The number of hydrogen-bond acceptors (Lipinski definition) is 2. The monoisotopic (exact) mass is 208 g/mol. The van der Waals surface area contributed by atoms with Crippen LogP contribution in [0.2, 0.25) is 0 Å². The van der Waals surface area contributed by atoms with Gasteiger partial charge in [-0.3, -0.25) is 4.79 Å². The van der Waals surface area contributed by atoms with Crippen molar-refractivity contribution in [1.82, 2.24) is 10.2 Å². The van der Waals surface area contributed by atoms with E-state index < -0.39 is 0 Å². The van der Waals surface area contributed by atoms with E-state index in [0.29, 0.717) is 17.7 Å². The molecule has 0 spiro atoms. The molecular weight excluding hydrogens is 188 g/mol. The molecule has 15 heavy (non-hydrogen) atoms. The first-order chi connectivity index (χ1) is 7.17. The van der Waals surface area contributed by atoms with Crippen molar-refractivity contribution in [2.45, 2.75) is 26.2 Å². The Morgan fingerprint density at radius 3 is 2.40 bits per heavy atom.